The average Bonchev–Trinajstić information content (AvgIpc) is 2.63. The van der Waals surface area contributed by atoms with Crippen LogP contribution in [0.15, 0.2) is 0 Å². The van der Waals surface area contributed by atoms with E-state index in [1.807, 2.05) is 0 Å². The molecule has 1 aliphatic heterocycles. The molecule has 0 aromatic carbocycles. The van der Waals surface area contributed by atoms with Gasteiger partial charge in [-0.2, -0.15) is 0 Å². The van der Waals surface area contributed by atoms with Crippen LogP contribution in [0.1, 0.15) is 44.9 Å². The van der Waals surface area contributed by atoms with E-state index in [1.165, 1.54) is 71.2 Å². The molecule has 2 fully saturated rings. The van der Waals surface area contributed by atoms with Gasteiger partial charge in [-0.1, -0.05) is 19.3 Å². The SMILES string of the molecule is NCCCN1CCCN(C2CCCCC2)CC1. The second-order valence-electron chi connectivity index (χ2n) is 5.67. The maximum atomic E-state index is 5.59. The smallest absolute Gasteiger partial charge is 0.0112 e. The van der Waals surface area contributed by atoms with E-state index in [-0.39, 0.29) is 0 Å². The minimum atomic E-state index is 0.836. The first-order chi connectivity index (χ1) is 8.40. The van der Waals surface area contributed by atoms with Gasteiger partial charge in [-0.05, 0) is 51.9 Å². The molecule has 2 rings (SSSR count). The molecule has 3 nitrogen and oxygen atoms in total. The molecule has 3 heteroatoms. The van der Waals surface area contributed by atoms with E-state index >= 15 is 0 Å². The van der Waals surface area contributed by atoms with Gasteiger partial charge >= 0.3 is 0 Å². The van der Waals surface area contributed by atoms with E-state index in [2.05, 4.69) is 9.80 Å². The third-order valence-electron chi connectivity index (χ3n) is 4.39. The van der Waals surface area contributed by atoms with Gasteiger partial charge in [-0.25, -0.2) is 0 Å². The maximum Gasteiger partial charge on any atom is 0.0112 e. The van der Waals surface area contributed by atoms with Crippen molar-refractivity contribution in [2.75, 3.05) is 39.3 Å². The van der Waals surface area contributed by atoms with Crippen molar-refractivity contribution in [2.45, 2.75) is 51.0 Å². The molecule has 0 aromatic rings. The number of rotatable bonds is 4. The fourth-order valence-corrected chi connectivity index (χ4v) is 3.34. The lowest BCUT2D eigenvalue weighted by Crippen LogP contribution is -2.39. The highest BCUT2D eigenvalue weighted by Crippen LogP contribution is 2.23. The molecule has 0 unspecified atom stereocenters. The van der Waals surface area contributed by atoms with Crippen LogP contribution in [0.3, 0.4) is 0 Å². The van der Waals surface area contributed by atoms with E-state index < -0.39 is 0 Å². The quantitative estimate of drug-likeness (QED) is 0.810. The molecule has 0 spiro atoms. The van der Waals surface area contributed by atoms with Crippen LogP contribution in [0, 0.1) is 0 Å². The first-order valence-corrected chi connectivity index (χ1v) is 7.56. The predicted molar refractivity (Wildman–Crippen MR) is 73.2 cm³/mol. The molecule has 1 aliphatic carbocycles. The van der Waals surface area contributed by atoms with Crippen molar-refractivity contribution in [3.63, 3.8) is 0 Å². The second-order valence-corrected chi connectivity index (χ2v) is 5.67. The largest absolute Gasteiger partial charge is 0.330 e. The van der Waals surface area contributed by atoms with Crippen LogP contribution in [0.25, 0.3) is 0 Å². The summed E-state index contributed by atoms with van der Waals surface area (Å²) in [4.78, 5) is 5.37. The van der Waals surface area contributed by atoms with Gasteiger partial charge in [0.15, 0.2) is 0 Å². The van der Waals surface area contributed by atoms with Gasteiger partial charge in [0.2, 0.25) is 0 Å². The minimum Gasteiger partial charge on any atom is -0.330 e. The van der Waals surface area contributed by atoms with Crippen LogP contribution in [0.4, 0.5) is 0 Å². The van der Waals surface area contributed by atoms with Crippen molar-refractivity contribution < 1.29 is 0 Å². The Labute approximate surface area is 106 Å². The van der Waals surface area contributed by atoms with Crippen molar-refractivity contribution in [2.24, 2.45) is 5.73 Å². The molecule has 17 heavy (non-hydrogen) atoms. The Kier molecular flexibility index (Phi) is 5.75. The summed E-state index contributed by atoms with van der Waals surface area (Å²) < 4.78 is 0. The monoisotopic (exact) mass is 239 g/mol. The van der Waals surface area contributed by atoms with Crippen LogP contribution in [-0.2, 0) is 0 Å². The molecule has 0 radical (unpaired) electrons. The second kappa shape index (κ2) is 7.34. The van der Waals surface area contributed by atoms with Crippen LogP contribution >= 0.6 is 0 Å². The van der Waals surface area contributed by atoms with E-state index in [1.54, 1.807) is 0 Å². The summed E-state index contributed by atoms with van der Waals surface area (Å²) in [5.41, 5.74) is 5.59. The van der Waals surface area contributed by atoms with Gasteiger partial charge < -0.3 is 10.6 Å². The maximum absolute atomic E-state index is 5.59. The Balaban J connectivity index is 1.74. The molecule has 0 bridgehead atoms. The summed E-state index contributed by atoms with van der Waals surface area (Å²) in [6.07, 6.45) is 9.78. The number of nitrogens with two attached hydrogens (primary N) is 1. The summed E-state index contributed by atoms with van der Waals surface area (Å²) in [6, 6.07) is 0.901. The lowest BCUT2D eigenvalue weighted by Gasteiger charge is -2.33. The summed E-state index contributed by atoms with van der Waals surface area (Å²) >= 11 is 0. The van der Waals surface area contributed by atoms with Crippen molar-refractivity contribution in [3.8, 4) is 0 Å². The minimum absolute atomic E-state index is 0.836. The first-order valence-electron chi connectivity index (χ1n) is 7.56. The molecule has 1 saturated heterocycles. The van der Waals surface area contributed by atoms with E-state index in [0.29, 0.717) is 0 Å². The van der Waals surface area contributed by atoms with Crippen LogP contribution in [-0.4, -0.2) is 55.1 Å². The van der Waals surface area contributed by atoms with Gasteiger partial charge in [-0.15, -0.1) is 0 Å². The highest BCUT2D eigenvalue weighted by molar-refractivity contribution is 4.79. The lowest BCUT2D eigenvalue weighted by atomic mass is 9.94. The normalized spacial score (nSPS) is 25.9. The molecule has 0 amide bonds. The van der Waals surface area contributed by atoms with Crippen molar-refractivity contribution in [3.05, 3.63) is 0 Å². The van der Waals surface area contributed by atoms with Gasteiger partial charge in [0, 0.05) is 19.1 Å². The Morgan fingerprint density at radius 2 is 1.71 bits per heavy atom. The molecule has 1 saturated carbocycles. The molecule has 0 atom stereocenters. The fourth-order valence-electron chi connectivity index (χ4n) is 3.34. The fraction of sp³-hybridized carbons (Fsp3) is 1.00. The Bertz CT molecular complexity index is 202. The summed E-state index contributed by atoms with van der Waals surface area (Å²) in [6.45, 7) is 7.19. The van der Waals surface area contributed by atoms with Crippen LogP contribution in [0.2, 0.25) is 0 Å². The molecule has 1 heterocycles. The zero-order valence-corrected chi connectivity index (χ0v) is 11.2. The third-order valence-corrected chi connectivity index (χ3v) is 4.39. The van der Waals surface area contributed by atoms with Crippen molar-refractivity contribution in [1.82, 2.24) is 9.80 Å². The highest BCUT2D eigenvalue weighted by atomic mass is 15.2. The van der Waals surface area contributed by atoms with Gasteiger partial charge in [0.05, 0.1) is 0 Å². The van der Waals surface area contributed by atoms with E-state index in [0.717, 1.165) is 19.0 Å². The van der Waals surface area contributed by atoms with Crippen LogP contribution < -0.4 is 5.73 Å². The summed E-state index contributed by atoms with van der Waals surface area (Å²) in [5.74, 6) is 0. The predicted octanol–water partition coefficient (Wildman–Crippen LogP) is 1.68. The Morgan fingerprint density at radius 3 is 2.47 bits per heavy atom. The highest BCUT2D eigenvalue weighted by Gasteiger charge is 2.23. The Hall–Kier alpha value is -0.120. The molecular formula is C14H29N3. The topological polar surface area (TPSA) is 32.5 Å². The first kappa shape index (κ1) is 13.3. The van der Waals surface area contributed by atoms with Crippen molar-refractivity contribution in [1.29, 1.82) is 0 Å². The average molecular weight is 239 g/mol. The Morgan fingerprint density at radius 1 is 0.882 bits per heavy atom. The number of hydrogen-bond donors (Lipinski definition) is 1. The zero-order valence-electron chi connectivity index (χ0n) is 11.2. The molecule has 2 aliphatic rings. The molecule has 2 N–H and O–H groups in total. The summed E-state index contributed by atoms with van der Waals surface area (Å²) in [7, 11) is 0. The van der Waals surface area contributed by atoms with Crippen molar-refractivity contribution >= 4 is 0 Å². The summed E-state index contributed by atoms with van der Waals surface area (Å²) in [5, 5.41) is 0. The van der Waals surface area contributed by atoms with Gasteiger partial charge in [0.1, 0.15) is 0 Å². The van der Waals surface area contributed by atoms with Gasteiger partial charge in [-0.3, -0.25) is 4.90 Å². The standard InChI is InChI=1S/C14H29N3/c15-8-4-9-16-10-5-11-17(13-12-16)14-6-2-1-3-7-14/h14H,1-13,15H2. The number of hydrogen-bond acceptors (Lipinski definition) is 3. The molecule has 0 aromatic heterocycles. The zero-order chi connectivity index (χ0) is 11.9. The molecular weight excluding hydrogens is 210 g/mol. The third kappa shape index (κ3) is 4.23. The lowest BCUT2D eigenvalue weighted by molar-refractivity contribution is 0.159. The number of nitrogens with zero attached hydrogens (tertiary/aromatic N) is 2. The van der Waals surface area contributed by atoms with Gasteiger partial charge in [0.25, 0.3) is 0 Å². The van der Waals surface area contributed by atoms with E-state index in [9.17, 15) is 0 Å². The van der Waals surface area contributed by atoms with E-state index in [4.69, 9.17) is 5.73 Å². The van der Waals surface area contributed by atoms with Crippen LogP contribution in [0.5, 0.6) is 0 Å². The molecule has 100 valence electrons.